The van der Waals surface area contributed by atoms with Gasteiger partial charge in [0.1, 0.15) is 0 Å². The second kappa shape index (κ2) is 9.80. The van der Waals surface area contributed by atoms with Gasteiger partial charge in [0.05, 0.1) is 0 Å². The lowest BCUT2D eigenvalue weighted by atomic mass is 9.88. The highest BCUT2D eigenvalue weighted by atomic mass is 32.2. The van der Waals surface area contributed by atoms with Crippen molar-refractivity contribution in [2.75, 3.05) is 18.8 Å². The Balaban J connectivity index is 1.46. The maximum Gasteiger partial charge on any atom is 0.223 e. The molecule has 3 aromatic carbocycles. The van der Waals surface area contributed by atoms with Gasteiger partial charge in [-0.25, -0.2) is 0 Å². The van der Waals surface area contributed by atoms with Crippen molar-refractivity contribution in [3.8, 4) is 0 Å². The Bertz CT molecular complexity index is 858. The molecule has 3 aromatic rings. The van der Waals surface area contributed by atoms with Crippen LogP contribution in [0, 0.1) is 0 Å². The predicted octanol–water partition coefficient (Wildman–Crippen LogP) is 5.92. The fraction of sp³-hybridized carbons (Fsp3) is 0.269. The van der Waals surface area contributed by atoms with E-state index in [1.165, 1.54) is 16.7 Å². The summed E-state index contributed by atoms with van der Waals surface area (Å²) in [5.74, 6) is 1.36. The summed E-state index contributed by atoms with van der Waals surface area (Å²) in [6.07, 6.45) is 1.54. The molecular formula is C26H27NOS. The zero-order valence-corrected chi connectivity index (χ0v) is 17.4. The van der Waals surface area contributed by atoms with Crippen LogP contribution in [0.4, 0.5) is 0 Å². The number of hydrogen-bond acceptors (Lipinski definition) is 2. The molecule has 0 bridgehead atoms. The van der Waals surface area contributed by atoms with Gasteiger partial charge in [-0.1, -0.05) is 91.0 Å². The highest BCUT2D eigenvalue weighted by Gasteiger charge is 2.25. The van der Waals surface area contributed by atoms with Crippen LogP contribution in [0.3, 0.4) is 0 Å². The molecule has 2 nitrogen and oxygen atoms in total. The molecule has 1 fully saturated rings. The van der Waals surface area contributed by atoms with Crippen molar-refractivity contribution in [2.24, 2.45) is 0 Å². The highest BCUT2D eigenvalue weighted by Crippen LogP contribution is 2.35. The van der Waals surface area contributed by atoms with E-state index in [-0.39, 0.29) is 11.8 Å². The molecule has 3 heteroatoms. The second-order valence-electron chi connectivity index (χ2n) is 7.52. The van der Waals surface area contributed by atoms with Gasteiger partial charge in [0.15, 0.2) is 0 Å². The summed E-state index contributed by atoms with van der Waals surface area (Å²) < 4.78 is 0. The normalized spacial score (nSPS) is 17.1. The number of nitrogens with zero attached hydrogens (tertiary/aromatic N) is 1. The van der Waals surface area contributed by atoms with Crippen molar-refractivity contribution in [3.05, 3.63) is 108 Å². The van der Waals surface area contributed by atoms with Crippen LogP contribution in [-0.4, -0.2) is 29.6 Å². The first-order valence-electron chi connectivity index (χ1n) is 10.4. The minimum Gasteiger partial charge on any atom is -0.342 e. The van der Waals surface area contributed by atoms with E-state index in [0.29, 0.717) is 11.7 Å². The summed E-state index contributed by atoms with van der Waals surface area (Å²) in [5, 5.41) is 0.480. The first kappa shape index (κ1) is 19.8. The van der Waals surface area contributed by atoms with Gasteiger partial charge >= 0.3 is 0 Å². The molecule has 0 saturated carbocycles. The summed E-state index contributed by atoms with van der Waals surface area (Å²) in [6.45, 7) is 1.67. The van der Waals surface area contributed by atoms with Crippen LogP contribution in [0.5, 0.6) is 0 Å². The van der Waals surface area contributed by atoms with Gasteiger partial charge in [0, 0.05) is 36.4 Å². The highest BCUT2D eigenvalue weighted by molar-refractivity contribution is 7.99. The van der Waals surface area contributed by atoms with Crippen molar-refractivity contribution in [2.45, 2.75) is 24.0 Å². The maximum absolute atomic E-state index is 13.3. The monoisotopic (exact) mass is 401 g/mol. The number of amides is 1. The number of carbonyl (C=O) groups excluding carboxylic acids is 1. The van der Waals surface area contributed by atoms with E-state index in [4.69, 9.17) is 0 Å². The molecule has 0 spiro atoms. The van der Waals surface area contributed by atoms with Crippen LogP contribution in [0.25, 0.3) is 0 Å². The fourth-order valence-electron chi connectivity index (χ4n) is 4.06. The smallest absolute Gasteiger partial charge is 0.223 e. The van der Waals surface area contributed by atoms with Crippen LogP contribution in [0.2, 0.25) is 0 Å². The third-order valence-corrected chi connectivity index (χ3v) is 6.98. The van der Waals surface area contributed by atoms with Crippen LogP contribution in [-0.2, 0) is 4.79 Å². The second-order valence-corrected chi connectivity index (χ2v) is 8.83. The number of hydrogen-bond donors (Lipinski definition) is 0. The van der Waals surface area contributed by atoms with E-state index in [9.17, 15) is 4.79 Å². The van der Waals surface area contributed by atoms with Gasteiger partial charge in [-0.05, 0) is 23.1 Å². The lowest BCUT2D eigenvalue weighted by Crippen LogP contribution is -2.34. The van der Waals surface area contributed by atoms with Gasteiger partial charge in [0.2, 0.25) is 5.91 Å². The summed E-state index contributed by atoms with van der Waals surface area (Å²) in [4.78, 5) is 15.3. The quantitative estimate of drug-likeness (QED) is 0.529. The summed E-state index contributed by atoms with van der Waals surface area (Å²) >= 11 is 1.98. The topological polar surface area (TPSA) is 20.3 Å². The Hall–Kier alpha value is -2.52. The predicted molar refractivity (Wildman–Crippen MR) is 122 cm³/mol. The lowest BCUT2D eigenvalue weighted by Gasteiger charge is -2.24. The summed E-state index contributed by atoms with van der Waals surface area (Å²) in [6, 6.07) is 31.5. The van der Waals surface area contributed by atoms with Crippen molar-refractivity contribution in [1.82, 2.24) is 4.90 Å². The molecule has 1 heterocycles. The molecule has 1 atom stereocenters. The van der Waals surface area contributed by atoms with E-state index < -0.39 is 0 Å². The Morgan fingerprint density at radius 1 is 0.828 bits per heavy atom. The van der Waals surface area contributed by atoms with E-state index in [2.05, 4.69) is 83.8 Å². The largest absolute Gasteiger partial charge is 0.342 e. The maximum atomic E-state index is 13.3. The molecule has 1 aliphatic heterocycles. The van der Waals surface area contributed by atoms with E-state index in [1.807, 2.05) is 23.9 Å². The summed E-state index contributed by atoms with van der Waals surface area (Å²) in [7, 11) is 0. The van der Waals surface area contributed by atoms with Crippen molar-refractivity contribution in [3.63, 3.8) is 0 Å². The zero-order valence-electron chi connectivity index (χ0n) is 16.6. The Kier molecular flexibility index (Phi) is 6.68. The van der Waals surface area contributed by atoms with Crippen LogP contribution in [0.15, 0.2) is 91.0 Å². The Morgan fingerprint density at radius 3 is 1.97 bits per heavy atom. The van der Waals surface area contributed by atoms with Gasteiger partial charge in [-0.2, -0.15) is 11.8 Å². The molecule has 0 N–H and O–H groups in total. The van der Waals surface area contributed by atoms with Crippen LogP contribution in [0.1, 0.15) is 40.7 Å². The zero-order chi connectivity index (χ0) is 19.9. The molecule has 0 unspecified atom stereocenters. The van der Waals surface area contributed by atoms with Crippen molar-refractivity contribution in [1.29, 1.82) is 0 Å². The molecule has 4 rings (SSSR count). The molecule has 1 amide bonds. The van der Waals surface area contributed by atoms with E-state index in [1.54, 1.807) is 0 Å². The number of benzene rings is 3. The van der Waals surface area contributed by atoms with Gasteiger partial charge in [0.25, 0.3) is 0 Å². The third-order valence-electron chi connectivity index (χ3n) is 5.65. The SMILES string of the molecule is O=C(CC(c1ccccc1)c1ccccc1)N1CCS[C@@H](c2ccccc2)CC1. The number of carbonyl (C=O) groups is 1. The first-order valence-corrected chi connectivity index (χ1v) is 11.4. The summed E-state index contributed by atoms with van der Waals surface area (Å²) in [5.41, 5.74) is 3.79. The standard InChI is InChI=1S/C26H27NOS/c28-26(27-17-16-25(29-19-18-27)23-14-8-3-9-15-23)20-24(21-10-4-1-5-11-21)22-12-6-2-7-13-22/h1-15,24-25H,16-20H2/t25-/m1/s1. The van der Waals surface area contributed by atoms with Gasteiger partial charge in [-0.15, -0.1) is 0 Å². The lowest BCUT2D eigenvalue weighted by molar-refractivity contribution is -0.131. The minimum atomic E-state index is 0.103. The molecule has 0 aromatic heterocycles. The minimum absolute atomic E-state index is 0.103. The van der Waals surface area contributed by atoms with E-state index in [0.717, 1.165) is 25.3 Å². The van der Waals surface area contributed by atoms with Gasteiger partial charge < -0.3 is 4.90 Å². The fourth-order valence-corrected chi connectivity index (χ4v) is 5.29. The third kappa shape index (κ3) is 5.10. The Morgan fingerprint density at radius 2 is 1.38 bits per heavy atom. The molecule has 1 aliphatic rings. The van der Waals surface area contributed by atoms with Crippen molar-refractivity contribution >= 4 is 17.7 Å². The molecule has 0 radical (unpaired) electrons. The number of thioether (sulfide) groups is 1. The molecule has 1 saturated heterocycles. The van der Waals surface area contributed by atoms with Gasteiger partial charge in [-0.3, -0.25) is 4.79 Å². The average molecular weight is 402 g/mol. The average Bonchev–Trinajstić information content (AvgIpc) is 3.06. The molecular weight excluding hydrogens is 374 g/mol. The Labute approximate surface area is 178 Å². The first-order chi connectivity index (χ1) is 14.3. The van der Waals surface area contributed by atoms with Crippen LogP contribution >= 0.6 is 11.8 Å². The molecule has 0 aliphatic carbocycles. The van der Waals surface area contributed by atoms with E-state index >= 15 is 0 Å². The molecule has 148 valence electrons. The van der Waals surface area contributed by atoms with Crippen LogP contribution < -0.4 is 0 Å². The molecule has 29 heavy (non-hydrogen) atoms. The van der Waals surface area contributed by atoms with Crippen molar-refractivity contribution < 1.29 is 4.79 Å². The number of rotatable bonds is 5.